The van der Waals surface area contributed by atoms with Crippen LogP contribution in [-0.2, 0) is 6.54 Å². The molecule has 0 amide bonds. The van der Waals surface area contributed by atoms with Crippen LogP contribution in [0.5, 0.6) is 0 Å². The van der Waals surface area contributed by atoms with E-state index < -0.39 is 6.10 Å². The zero-order valence-corrected chi connectivity index (χ0v) is 11.2. The fraction of sp³-hybridized carbons (Fsp3) is 0.727. The van der Waals surface area contributed by atoms with Gasteiger partial charge in [-0.25, -0.2) is 0 Å². The van der Waals surface area contributed by atoms with Gasteiger partial charge in [-0.3, -0.25) is 4.68 Å². The van der Waals surface area contributed by atoms with Gasteiger partial charge < -0.3 is 5.11 Å². The van der Waals surface area contributed by atoms with Gasteiger partial charge in [0.05, 0.1) is 22.5 Å². The van der Waals surface area contributed by atoms with Crippen LogP contribution in [0.4, 0.5) is 0 Å². The molecule has 1 aromatic rings. The van der Waals surface area contributed by atoms with Gasteiger partial charge in [0.25, 0.3) is 0 Å². The zero-order valence-electron chi connectivity index (χ0n) is 9.57. The lowest BCUT2D eigenvalue weighted by Crippen LogP contribution is -2.15. The van der Waals surface area contributed by atoms with E-state index in [0.717, 1.165) is 29.6 Å². The van der Waals surface area contributed by atoms with E-state index in [0.29, 0.717) is 0 Å². The van der Waals surface area contributed by atoms with E-state index in [1.165, 1.54) is 0 Å². The van der Waals surface area contributed by atoms with Crippen LogP contribution in [-0.4, -0.2) is 14.9 Å². The molecule has 2 unspecified atom stereocenters. The topological polar surface area (TPSA) is 38.0 Å². The molecular formula is C11H19BrN2O. The minimum absolute atomic E-state index is 0.258. The highest BCUT2D eigenvalue weighted by molar-refractivity contribution is 9.10. The smallest absolute Gasteiger partial charge is 0.0993 e. The fourth-order valence-corrected chi connectivity index (χ4v) is 2.08. The Balaban J connectivity index is 2.94. The highest BCUT2D eigenvalue weighted by atomic mass is 79.9. The molecule has 1 heterocycles. The van der Waals surface area contributed by atoms with E-state index in [4.69, 9.17) is 0 Å². The third-order valence-corrected chi connectivity index (χ3v) is 3.34. The van der Waals surface area contributed by atoms with E-state index in [2.05, 4.69) is 41.8 Å². The Morgan fingerprint density at radius 1 is 1.53 bits per heavy atom. The summed E-state index contributed by atoms with van der Waals surface area (Å²) in [6, 6.07) is 0. The maximum absolute atomic E-state index is 10.2. The standard InChI is InChI=1S/C11H19BrN2O/c1-4-6-14-10(9(12)7-13-14)11(15)8(3)5-2/h7-8,11,15H,4-6H2,1-3H3. The number of hydrogen-bond donors (Lipinski definition) is 1. The molecule has 0 fully saturated rings. The van der Waals surface area contributed by atoms with Crippen LogP contribution >= 0.6 is 15.9 Å². The maximum atomic E-state index is 10.2. The average Bonchev–Trinajstić information content (AvgIpc) is 2.58. The van der Waals surface area contributed by atoms with Gasteiger partial charge >= 0.3 is 0 Å². The molecule has 86 valence electrons. The monoisotopic (exact) mass is 274 g/mol. The molecular weight excluding hydrogens is 256 g/mol. The summed E-state index contributed by atoms with van der Waals surface area (Å²) in [5.74, 6) is 0.258. The van der Waals surface area contributed by atoms with Gasteiger partial charge in [0.1, 0.15) is 0 Å². The second kappa shape index (κ2) is 5.66. The van der Waals surface area contributed by atoms with Crippen LogP contribution in [0.15, 0.2) is 10.7 Å². The quantitative estimate of drug-likeness (QED) is 0.896. The average molecular weight is 275 g/mol. The summed E-state index contributed by atoms with van der Waals surface area (Å²) in [6.07, 6.45) is 3.31. The first-order valence-corrected chi connectivity index (χ1v) is 6.30. The number of hydrogen-bond acceptors (Lipinski definition) is 2. The van der Waals surface area contributed by atoms with E-state index in [1.807, 2.05) is 4.68 Å². The van der Waals surface area contributed by atoms with Crippen LogP contribution < -0.4 is 0 Å². The molecule has 3 nitrogen and oxygen atoms in total. The van der Waals surface area contributed by atoms with Crippen molar-refractivity contribution in [2.45, 2.75) is 46.3 Å². The number of halogens is 1. The zero-order chi connectivity index (χ0) is 11.4. The molecule has 0 bridgehead atoms. The van der Waals surface area contributed by atoms with Crippen molar-refractivity contribution >= 4 is 15.9 Å². The Hall–Kier alpha value is -0.350. The van der Waals surface area contributed by atoms with Crippen molar-refractivity contribution in [1.29, 1.82) is 0 Å². The number of aliphatic hydroxyl groups is 1. The van der Waals surface area contributed by atoms with Crippen molar-refractivity contribution in [2.75, 3.05) is 0 Å². The van der Waals surface area contributed by atoms with Crippen LogP contribution in [0.3, 0.4) is 0 Å². The molecule has 0 aliphatic heterocycles. The molecule has 0 aliphatic rings. The lowest BCUT2D eigenvalue weighted by atomic mass is 9.99. The molecule has 1 rings (SSSR count). The Morgan fingerprint density at radius 3 is 2.73 bits per heavy atom. The molecule has 0 radical (unpaired) electrons. The van der Waals surface area contributed by atoms with Crippen LogP contribution in [0.1, 0.15) is 45.4 Å². The van der Waals surface area contributed by atoms with Crippen molar-refractivity contribution in [2.24, 2.45) is 5.92 Å². The van der Waals surface area contributed by atoms with Crippen molar-refractivity contribution in [1.82, 2.24) is 9.78 Å². The lowest BCUT2D eigenvalue weighted by Gasteiger charge is -2.19. The summed E-state index contributed by atoms with van der Waals surface area (Å²) in [4.78, 5) is 0. The summed E-state index contributed by atoms with van der Waals surface area (Å²) >= 11 is 3.44. The third kappa shape index (κ3) is 2.82. The van der Waals surface area contributed by atoms with Crippen molar-refractivity contribution in [3.8, 4) is 0 Å². The van der Waals surface area contributed by atoms with Crippen LogP contribution in [0.25, 0.3) is 0 Å². The molecule has 15 heavy (non-hydrogen) atoms. The molecule has 1 N–H and O–H groups in total. The van der Waals surface area contributed by atoms with E-state index in [1.54, 1.807) is 6.20 Å². The molecule has 0 saturated carbocycles. The summed E-state index contributed by atoms with van der Waals surface area (Å²) in [7, 11) is 0. The Morgan fingerprint density at radius 2 is 2.20 bits per heavy atom. The summed E-state index contributed by atoms with van der Waals surface area (Å²) in [5, 5.41) is 14.4. The van der Waals surface area contributed by atoms with Gasteiger partial charge in [-0.15, -0.1) is 0 Å². The summed E-state index contributed by atoms with van der Waals surface area (Å²) < 4.78 is 2.80. The predicted octanol–water partition coefficient (Wildman–Crippen LogP) is 3.14. The normalized spacial score (nSPS) is 15.3. The van der Waals surface area contributed by atoms with E-state index >= 15 is 0 Å². The Kier molecular flexibility index (Phi) is 4.80. The van der Waals surface area contributed by atoms with Gasteiger partial charge in [0.2, 0.25) is 0 Å². The Bertz CT molecular complexity index is 312. The van der Waals surface area contributed by atoms with Gasteiger partial charge in [0, 0.05) is 6.54 Å². The first-order chi connectivity index (χ1) is 7.11. The van der Waals surface area contributed by atoms with E-state index in [-0.39, 0.29) is 5.92 Å². The number of aromatic nitrogens is 2. The number of rotatable bonds is 5. The van der Waals surface area contributed by atoms with Gasteiger partial charge in [-0.2, -0.15) is 5.10 Å². The molecule has 2 atom stereocenters. The van der Waals surface area contributed by atoms with Crippen LogP contribution in [0.2, 0.25) is 0 Å². The van der Waals surface area contributed by atoms with Crippen LogP contribution in [0, 0.1) is 5.92 Å². The van der Waals surface area contributed by atoms with Crippen molar-refractivity contribution < 1.29 is 5.11 Å². The molecule has 0 aromatic carbocycles. The number of nitrogens with zero attached hydrogens (tertiary/aromatic N) is 2. The maximum Gasteiger partial charge on any atom is 0.0993 e. The molecule has 0 saturated heterocycles. The molecule has 1 aromatic heterocycles. The van der Waals surface area contributed by atoms with Gasteiger partial charge in [0.15, 0.2) is 0 Å². The van der Waals surface area contributed by atoms with E-state index in [9.17, 15) is 5.11 Å². The lowest BCUT2D eigenvalue weighted by molar-refractivity contribution is 0.105. The summed E-state index contributed by atoms with van der Waals surface area (Å²) in [6.45, 7) is 7.10. The van der Waals surface area contributed by atoms with Crippen molar-refractivity contribution in [3.63, 3.8) is 0 Å². The molecule has 0 spiro atoms. The first-order valence-electron chi connectivity index (χ1n) is 5.51. The molecule has 0 aliphatic carbocycles. The fourth-order valence-electron chi connectivity index (χ4n) is 1.55. The largest absolute Gasteiger partial charge is 0.386 e. The SMILES string of the molecule is CCCn1ncc(Br)c1C(O)C(C)CC. The second-order valence-electron chi connectivity index (χ2n) is 3.93. The molecule has 4 heteroatoms. The first kappa shape index (κ1) is 12.7. The third-order valence-electron chi connectivity index (χ3n) is 2.73. The highest BCUT2D eigenvalue weighted by Gasteiger charge is 2.21. The van der Waals surface area contributed by atoms with Crippen molar-refractivity contribution in [3.05, 3.63) is 16.4 Å². The predicted molar refractivity (Wildman–Crippen MR) is 64.6 cm³/mol. The number of aliphatic hydroxyl groups excluding tert-OH is 1. The summed E-state index contributed by atoms with van der Waals surface area (Å²) in [5.41, 5.74) is 0.909. The number of aryl methyl sites for hydroxylation is 1. The Labute approximate surface area is 99.6 Å². The highest BCUT2D eigenvalue weighted by Crippen LogP contribution is 2.30. The van der Waals surface area contributed by atoms with Gasteiger partial charge in [-0.05, 0) is 28.3 Å². The minimum Gasteiger partial charge on any atom is -0.386 e. The second-order valence-corrected chi connectivity index (χ2v) is 4.79. The minimum atomic E-state index is -0.432. The van der Waals surface area contributed by atoms with Gasteiger partial charge in [-0.1, -0.05) is 27.2 Å².